The fraction of sp³-hybridized carbons (Fsp3) is 0.100. The number of hydrogen-bond donors (Lipinski definition) is 1. The van der Waals surface area contributed by atoms with Gasteiger partial charge < -0.3 is 5.73 Å². The van der Waals surface area contributed by atoms with Gasteiger partial charge in [0, 0.05) is 24.5 Å². The molecule has 0 bridgehead atoms. The van der Waals surface area contributed by atoms with Crippen LogP contribution in [0.3, 0.4) is 0 Å². The summed E-state index contributed by atoms with van der Waals surface area (Å²) in [6.45, 7) is 0. The maximum Gasteiger partial charge on any atom is 0.0733 e. The number of rotatable bonds is 2. The van der Waals surface area contributed by atoms with Gasteiger partial charge in [0.25, 0.3) is 0 Å². The van der Waals surface area contributed by atoms with Gasteiger partial charge in [-0.2, -0.15) is 0 Å². The molecule has 0 radical (unpaired) electrons. The zero-order valence-electron chi connectivity index (χ0n) is 7.40. The summed E-state index contributed by atoms with van der Waals surface area (Å²) >= 11 is 5.19. The average Bonchev–Trinajstić information content (AvgIpc) is 2.56. The van der Waals surface area contributed by atoms with E-state index >= 15 is 0 Å². The predicted octanol–water partition coefficient (Wildman–Crippen LogP) is 3.08. The molecule has 2 N–H and O–H groups in total. The SMILES string of the molecule is Nc1ccncc1Cc1ccsc1Br. The molecule has 0 amide bonds. The molecule has 4 heteroatoms. The molecule has 0 saturated carbocycles. The molecule has 0 aliphatic heterocycles. The van der Waals surface area contributed by atoms with E-state index in [9.17, 15) is 0 Å². The molecule has 2 heterocycles. The van der Waals surface area contributed by atoms with Crippen molar-refractivity contribution in [2.24, 2.45) is 0 Å². The Kier molecular flexibility index (Phi) is 2.84. The van der Waals surface area contributed by atoms with Crippen molar-refractivity contribution < 1.29 is 0 Å². The van der Waals surface area contributed by atoms with Crippen molar-refractivity contribution >= 4 is 33.0 Å². The lowest BCUT2D eigenvalue weighted by molar-refractivity contribution is 1.15. The number of nitrogens with two attached hydrogens (primary N) is 1. The van der Waals surface area contributed by atoms with Gasteiger partial charge in [0.05, 0.1) is 3.79 Å². The van der Waals surface area contributed by atoms with E-state index in [2.05, 4.69) is 32.4 Å². The summed E-state index contributed by atoms with van der Waals surface area (Å²) in [6, 6.07) is 3.93. The minimum absolute atomic E-state index is 0.804. The zero-order valence-corrected chi connectivity index (χ0v) is 9.81. The number of nitrogen functional groups attached to an aromatic ring is 1. The summed E-state index contributed by atoms with van der Waals surface area (Å²) in [5.74, 6) is 0. The van der Waals surface area contributed by atoms with Crippen molar-refractivity contribution in [3.05, 3.63) is 44.8 Å². The normalized spacial score (nSPS) is 10.4. The average molecular weight is 269 g/mol. The third kappa shape index (κ3) is 1.96. The van der Waals surface area contributed by atoms with Gasteiger partial charge >= 0.3 is 0 Å². The Morgan fingerprint density at radius 1 is 1.36 bits per heavy atom. The van der Waals surface area contributed by atoms with Gasteiger partial charge in [0.2, 0.25) is 0 Å². The van der Waals surface area contributed by atoms with Crippen LogP contribution in [0, 0.1) is 0 Å². The fourth-order valence-electron chi connectivity index (χ4n) is 1.24. The Balaban J connectivity index is 2.28. The molecule has 2 rings (SSSR count). The first-order chi connectivity index (χ1) is 6.77. The van der Waals surface area contributed by atoms with E-state index in [4.69, 9.17) is 5.73 Å². The molecule has 2 aromatic heterocycles. The Morgan fingerprint density at radius 2 is 2.21 bits per heavy atom. The van der Waals surface area contributed by atoms with Gasteiger partial charge in [-0.25, -0.2) is 0 Å². The molecule has 0 aliphatic carbocycles. The number of halogens is 1. The summed E-state index contributed by atoms with van der Waals surface area (Å²) in [7, 11) is 0. The van der Waals surface area contributed by atoms with Gasteiger partial charge in [-0.15, -0.1) is 11.3 Å². The van der Waals surface area contributed by atoms with Crippen LogP contribution in [0.4, 0.5) is 5.69 Å². The highest BCUT2D eigenvalue weighted by atomic mass is 79.9. The number of hydrogen-bond acceptors (Lipinski definition) is 3. The maximum atomic E-state index is 5.84. The largest absolute Gasteiger partial charge is 0.398 e. The summed E-state index contributed by atoms with van der Waals surface area (Å²) in [5, 5.41) is 2.06. The van der Waals surface area contributed by atoms with Crippen molar-refractivity contribution in [2.75, 3.05) is 5.73 Å². The number of nitrogens with zero attached hydrogens (tertiary/aromatic N) is 1. The highest BCUT2D eigenvalue weighted by Gasteiger charge is 2.04. The highest BCUT2D eigenvalue weighted by molar-refractivity contribution is 9.11. The zero-order chi connectivity index (χ0) is 9.97. The standard InChI is InChI=1S/C10H9BrN2S/c11-10-7(2-4-14-10)5-8-6-13-3-1-9(8)12/h1-4,6H,5H2,(H2,12,13). The van der Waals surface area contributed by atoms with Crippen LogP contribution in [-0.2, 0) is 6.42 Å². The number of aromatic nitrogens is 1. The van der Waals surface area contributed by atoms with Crippen LogP contribution in [0.15, 0.2) is 33.7 Å². The molecular formula is C10H9BrN2S. The molecule has 14 heavy (non-hydrogen) atoms. The second kappa shape index (κ2) is 4.11. The lowest BCUT2D eigenvalue weighted by Crippen LogP contribution is -1.95. The summed E-state index contributed by atoms with van der Waals surface area (Å²) in [4.78, 5) is 4.06. The molecule has 72 valence electrons. The van der Waals surface area contributed by atoms with Crippen LogP contribution < -0.4 is 5.73 Å². The summed E-state index contributed by atoms with van der Waals surface area (Å²) in [5.41, 5.74) is 8.97. The van der Waals surface area contributed by atoms with Crippen molar-refractivity contribution in [2.45, 2.75) is 6.42 Å². The predicted molar refractivity (Wildman–Crippen MR) is 63.5 cm³/mol. The van der Waals surface area contributed by atoms with E-state index in [1.165, 1.54) is 9.35 Å². The lowest BCUT2D eigenvalue weighted by Gasteiger charge is -2.03. The number of anilines is 1. The molecule has 0 fully saturated rings. The van der Waals surface area contributed by atoms with Crippen LogP contribution in [-0.4, -0.2) is 4.98 Å². The van der Waals surface area contributed by atoms with Crippen molar-refractivity contribution in [3.8, 4) is 0 Å². The molecule has 2 aromatic rings. The Labute approximate surface area is 94.9 Å². The molecule has 0 saturated heterocycles. The van der Waals surface area contributed by atoms with Crippen LogP contribution in [0.2, 0.25) is 0 Å². The summed E-state index contributed by atoms with van der Waals surface area (Å²) in [6.07, 6.45) is 4.37. The first-order valence-electron chi connectivity index (χ1n) is 4.17. The fourth-order valence-corrected chi connectivity index (χ4v) is 2.48. The highest BCUT2D eigenvalue weighted by Crippen LogP contribution is 2.26. The monoisotopic (exact) mass is 268 g/mol. The van der Waals surface area contributed by atoms with Gasteiger partial charge in [-0.3, -0.25) is 4.98 Å². The molecule has 0 atom stereocenters. The van der Waals surface area contributed by atoms with Crippen molar-refractivity contribution in [3.63, 3.8) is 0 Å². The smallest absolute Gasteiger partial charge is 0.0733 e. The van der Waals surface area contributed by atoms with E-state index in [-0.39, 0.29) is 0 Å². The van der Waals surface area contributed by atoms with Crippen LogP contribution in [0.1, 0.15) is 11.1 Å². The molecule has 0 aromatic carbocycles. The topological polar surface area (TPSA) is 38.9 Å². The molecule has 0 aliphatic rings. The molecule has 0 unspecified atom stereocenters. The Hall–Kier alpha value is -0.870. The third-order valence-electron chi connectivity index (χ3n) is 2.02. The lowest BCUT2D eigenvalue weighted by atomic mass is 10.1. The van der Waals surface area contributed by atoms with Gasteiger partial charge in [-0.05, 0) is 44.6 Å². The van der Waals surface area contributed by atoms with Crippen LogP contribution >= 0.6 is 27.3 Å². The maximum absolute atomic E-state index is 5.84. The summed E-state index contributed by atoms with van der Waals surface area (Å²) < 4.78 is 1.17. The van der Waals surface area contributed by atoms with E-state index in [0.29, 0.717) is 0 Å². The van der Waals surface area contributed by atoms with Crippen molar-refractivity contribution in [1.29, 1.82) is 0 Å². The molecular weight excluding hydrogens is 260 g/mol. The Bertz CT molecular complexity index is 439. The van der Waals surface area contributed by atoms with E-state index < -0.39 is 0 Å². The van der Waals surface area contributed by atoms with Gasteiger partial charge in [-0.1, -0.05) is 0 Å². The van der Waals surface area contributed by atoms with Crippen LogP contribution in [0.25, 0.3) is 0 Å². The van der Waals surface area contributed by atoms with E-state index in [1.54, 1.807) is 17.5 Å². The van der Waals surface area contributed by atoms with E-state index in [1.807, 2.05) is 12.3 Å². The first-order valence-corrected chi connectivity index (χ1v) is 5.85. The minimum atomic E-state index is 0.804. The molecule has 0 spiro atoms. The molecule has 2 nitrogen and oxygen atoms in total. The Morgan fingerprint density at radius 3 is 2.86 bits per heavy atom. The second-order valence-corrected chi connectivity index (χ2v) is 5.20. The minimum Gasteiger partial charge on any atom is -0.398 e. The van der Waals surface area contributed by atoms with Crippen molar-refractivity contribution in [1.82, 2.24) is 4.98 Å². The van der Waals surface area contributed by atoms with E-state index in [0.717, 1.165) is 17.7 Å². The number of thiophene rings is 1. The quantitative estimate of drug-likeness (QED) is 0.909. The van der Waals surface area contributed by atoms with Crippen LogP contribution in [0.5, 0.6) is 0 Å². The third-order valence-corrected chi connectivity index (χ3v) is 3.83. The number of pyridine rings is 1. The van der Waals surface area contributed by atoms with Gasteiger partial charge in [0.15, 0.2) is 0 Å². The van der Waals surface area contributed by atoms with Gasteiger partial charge in [0.1, 0.15) is 0 Å². The second-order valence-electron chi connectivity index (χ2n) is 2.97. The first kappa shape index (κ1) is 9.68.